The van der Waals surface area contributed by atoms with Gasteiger partial charge in [-0.05, 0) is 18.6 Å². The van der Waals surface area contributed by atoms with Gasteiger partial charge in [0.05, 0.1) is 0 Å². The van der Waals surface area contributed by atoms with Crippen LogP contribution in [-0.4, -0.2) is 23.0 Å². The molecule has 96 valence electrons. The van der Waals surface area contributed by atoms with Crippen LogP contribution in [0, 0.1) is 12.3 Å². The molecule has 6 heteroatoms. The van der Waals surface area contributed by atoms with Gasteiger partial charge < -0.3 is 16.2 Å². The number of nitrogens with two attached hydrogens (primary N) is 2. The number of amidine groups is 1. The molecule has 1 aliphatic rings. The average molecular weight is 264 g/mol. The third kappa shape index (κ3) is 3.16. The Kier molecular flexibility index (Phi) is 3.76. The molecule has 5 N–H and O–H groups in total. The van der Waals surface area contributed by atoms with Crippen LogP contribution >= 0.6 is 11.8 Å². The molecule has 0 amide bonds. The van der Waals surface area contributed by atoms with Crippen molar-refractivity contribution in [1.29, 1.82) is 5.41 Å². The smallest absolute Gasteiger partial charge is 0.193 e. The molecular formula is C12H16N4OS. The predicted octanol–water partition coefficient (Wildman–Crippen LogP) is 1.24. The SMILES string of the molecule is Cc1ccc2c(c1)CC(CSC(=N)N=C(N)N)O2. The molecule has 1 aromatic carbocycles. The molecule has 1 unspecified atom stereocenters. The maximum Gasteiger partial charge on any atom is 0.193 e. The minimum atomic E-state index is -0.0845. The van der Waals surface area contributed by atoms with Crippen molar-refractivity contribution >= 4 is 22.9 Å². The number of rotatable bonds is 2. The van der Waals surface area contributed by atoms with E-state index in [1.807, 2.05) is 12.1 Å². The van der Waals surface area contributed by atoms with Gasteiger partial charge in [-0.15, -0.1) is 0 Å². The van der Waals surface area contributed by atoms with E-state index in [2.05, 4.69) is 18.0 Å². The van der Waals surface area contributed by atoms with Gasteiger partial charge in [-0.2, -0.15) is 4.99 Å². The summed E-state index contributed by atoms with van der Waals surface area (Å²) in [5, 5.41) is 7.65. The summed E-state index contributed by atoms with van der Waals surface area (Å²) in [6, 6.07) is 6.17. The van der Waals surface area contributed by atoms with Crippen LogP contribution in [-0.2, 0) is 6.42 Å². The molecule has 2 rings (SSSR count). The lowest BCUT2D eigenvalue weighted by molar-refractivity contribution is 0.259. The van der Waals surface area contributed by atoms with Crippen molar-refractivity contribution in [2.45, 2.75) is 19.4 Å². The molecule has 0 bridgehead atoms. The zero-order chi connectivity index (χ0) is 13.1. The van der Waals surface area contributed by atoms with Crippen molar-refractivity contribution in [2.75, 3.05) is 5.75 Å². The second-order valence-electron chi connectivity index (χ2n) is 4.21. The van der Waals surface area contributed by atoms with Gasteiger partial charge in [0.15, 0.2) is 11.1 Å². The van der Waals surface area contributed by atoms with Crippen molar-refractivity contribution in [3.05, 3.63) is 29.3 Å². The quantitative estimate of drug-likeness (QED) is 0.553. The van der Waals surface area contributed by atoms with Gasteiger partial charge >= 0.3 is 0 Å². The summed E-state index contributed by atoms with van der Waals surface area (Å²) in [6.07, 6.45) is 0.959. The lowest BCUT2D eigenvalue weighted by atomic mass is 10.1. The molecule has 1 aliphatic heterocycles. The molecule has 18 heavy (non-hydrogen) atoms. The number of guanidine groups is 1. The summed E-state index contributed by atoms with van der Waals surface area (Å²) in [7, 11) is 0. The highest BCUT2D eigenvalue weighted by Gasteiger charge is 2.23. The number of hydrogen-bond acceptors (Lipinski definition) is 3. The van der Waals surface area contributed by atoms with E-state index in [1.165, 1.54) is 22.9 Å². The van der Waals surface area contributed by atoms with E-state index >= 15 is 0 Å². The first-order chi connectivity index (χ1) is 8.54. The molecular weight excluding hydrogens is 248 g/mol. The van der Waals surface area contributed by atoms with Crippen molar-refractivity contribution in [1.82, 2.24) is 0 Å². The molecule has 1 atom stereocenters. The molecule has 1 heterocycles. The highest BCUT2D eigenvalue weighted by molar-refractivity contribution is 8.13. The lowest BCUT2D eigenvalue weighted by Crippen LogP contribution is -2.24. The number of hydrogen-bond donors (Lipinski definition) is 3. The number of benzene rings is 1. The second kappa shape index (κ2) is 5.30. The topological polar surface area (TPSA) is 97.5 Å². The Labute approximate surface area is 110 Å². The molecule has 1 aromatic rings. The first-order valence-electron chi connectivity index (χ1n) is 5.62. The van der Waals surface area contributed by atoms with Crippen LogP contribution in [0.1, 0.15) is 11.1 Å². The summed E-state index contributed by atoms with van der Waals surface area (Å²) in [5.41, 5.74) is 12.9. The van der Waals surface area contributed by atoms with E-state index in [1.54, 1.807) is 0 Å². The summed E-state index contributed by atoms with van der Waals surface area (Å²) in [6.45, 7) is 2.07. The fourth-order valence-electron chi connectivity index (χ4n) is 1.86. The number of ether oxygens (including phenoxy) is 1. The van der Waals surface area contributed by atoms with E-state index in [-0.39, 0.29) is 17.2 Å². The molecule has 0 aliphatic carbocycles. The largest absolute Gasteiger partial charge is 0.489 e. The molecule has 0 fully saturated rings. The van der Waals surface area contributed by atoms with Gasteiger partial charge in [0.2, 0.25) is 0 Å². The van der Waals surface area contributed by atoms with Crippen LogP contribution in [0.5, 0.6) is 5.75 Å². The Hall–Kier alpha value is -1.69. The third-order valence-electron chi connectivity index (χ3n) is 2.59. The minimum Gasteiger partial charge on any atom is -0.489 e. The van der Waals surface area contributed by atoms with Crippen LogP contribution in [0.2, 0.25) is 0 Å². The molecule has 0 aromatic heterocycles. The van der Waals surface area contributed by atoms with Crippen LogP contribution in [0.4, 0.5) is 0 Å². The van der Waals surface area contributed by atoms with Gasteiger partial charge in [0.1, 0.15) is 11.9 Å². The van der Waals surface area contributed by atoms with Gasteiger partial charge in [0, 0.05) is 12.2 Å². The number of fused-ring (bicyclic) bond motifs is 1. The monoisotopic (exact) mass is 264 g/mol. The van der Waals surface area contributed by atoms with Crippen molar-refractivity contribution in [3.8, 4) is 5.75 Å². The lowest BCUT2D eigenvalue weighted by Gasteiger charge is -2.08. The van der Waals surface area contributed by atoms with Gasteiger partial charge in [-0.1, -0.05) is 29.5 Å². The first kappa shape index (κ1) is 12.8. The fourth-order valence-corrected chi connectivity index (χ4v) is 2.56. The number of aryl methyl sites for hydroxylation is 1. The van der Waals surface area contributed by atoms with E-state index in [0.29, 0.717) is 5.75 Å². The van der Waals surface area contributed by atoms with Gasteiger partial charge in [-0.3, -0.25) is 5.41 Å². The number of nitrogens with one attached hydrogen (secondary N) is 1. The maximum absolute atomic E-state index is 7.54. The molecule has 5 nitrogen and oxygen atoms in total. The summed E-state index contributed by atoms with van der Waals surface area (Å²) in [5.74, 6) is 1.53. The number of thioether (sulfide) groups is 1. The van der Waals surface area contributed by atoms with Crippen LogP contribution in [0.3, 0.4) is 0 Å². The van der Waals surface area contributed by atoms with E-state index in [9.17, 15) is 0 Å². The third-order valence-corrected chi connectivity index (χ3v) is 3.50. The Bertz CT molecular complexity index is 497. The molecule has 0 saturated carbocycles. The zero-order valence-electron chi connectivity index (χ0n) is 10.1. The minimum absolute atomic E-state index is 0.0845. The van der Waals surface area contributed by atoms with Crippen LogP contribution in [0.15, 0.2) is 23.2 Å². The highest BCUT2D eigenvalue weighted by atomic mass is 32.2. The molecule has 0 saturated heterocycles. The standard InChI is InChI=1S/C12H16N4OS/c1-7-2-3-10-8(4-7)5-9(17-10)6-18-12(15)16-11(13)14/h2-4,9H,5-6H2,1H3,(H5,13,14,15,16). The Morgan fingerprint density at radius 2 is 2.33 bits per heavy atom. The normalized spacial score (nSPS) is 16.8. The summed E-state index contributed by atoms with van der Waals surface area (Å²) >= 11 is 1.29. The van der Waals surface area contributed by atoms with Crippen molar-refractivity contribution in [2.24, 2.45) is 16.5 Å². The maximum atomic E-state index is 7.54. The van der Waals surface area contributed by atoms with Crippen LogP contribution < -0.4 is 16.2 Å². The first-order valence-corrected chi connectivity index (χ1v) is 6.60. The van der Waals surface area contributed by atoms with Crippen LogP contribution in [0.25, 0.3) is 0 Å². The van der Waals surface area contributed by atoms with Crippen molar-refractivity contribution < 1.29 is 4.74 Å². The fraction of sp³-hybridized carbons (Fsp3) is 0.333. The van der Waals surface area contributed by atoms with E-state index in [0.717, 1.165) is 12.2 Å². The number of nitrogens with zero attached hydrogens (tertiary/aromatic N) is 1. The van der Waals surface area contributed by atoms with Crippen molar-refractivity contribution in [3.63, 3.8) is 0 Å². The van der Waals surface area contributed by atoms with Gasteiger partial charge in [0.25, 0.3) is 0 Å². The number of aliphatic imine (C=N–C) groups is 1. The predicted molar refractivity (Wildman–Crippen MR) is 75.3 cm³/mol. The Morgan fingerprint density at radius 3 is 3.06 bits per heavy atom. The molecule has 0 spiro atoms. The van der Waals surface area contributed by atoms with E-state index < -0.39 is 0 Å². The summed E-state index contributed by atoms with van der Waals surface area (Å²) in [4.78, 5) is 3.66. The molecule has 0 radical (unpaired) electrons. The summed E-state index contributed by atoms with van der Waals surface area (Å²) < 4.78 is 5.79. The average Bonchev–Trinajstić information content (AvgIpc) is 2.67. The van der Waals surface area contributed by atoms with E-state index in [4.69, 9.17) is 21.6 Å². The highest BCUT2D eigenvalue weighted by Crippen LogP contribution is 2.30. The van der Waals surface area contributed by atoms with Gasteiger partial charge in [-0.25, -0.2) is 0 Å². The Balaban J connectivity index is 1.88. The Morgan fingerprint density at radius 1 is 1.56 bits per heavy atom. The second-order valence-corrected chi connectivity index (χ2v) is 5.22. The zero-order valence-corrected chi connectivity index (χ0v) is 11.0.